The minimum Gasteiger partial charge on any atom is -0.434 e. The van der Waals surface area contributed by atoms with Crippen LogP contribution in [0.5, 0.6) is 0 Å². The zero-order valence-electron chi connectivity index (χ0n) is 19.8. The van der Waals surface area contributed by atoms with E-state index in [1.165, 1.54) is 6.07 Å². The number of pyridine rings is 2. The van der Waals surface area contributed by atoms with Gasteiger partial charge in [0, 0.05) is 30.6 Å². The molecule has 4 nitrogen and oxygen atoms in total. The van der Waals surface area contributed by atoms with E-state index in [4.69, 9.17) is 12.6 Å². The molecule has 5 heteroatoms. The fraction of sp³-hybridized carbons (Fsp3) is 0.263. The van der Waals surface area contributed by atoms with Crippen LogP contribution >= 0.6 is 0 Å². The van der Waals surface area contributed by atoms with E-state index >= 15 is 0 Å². The van der Waals surface area contributed by atoms with Crippen molar-refractivity contribution in [3.63, 3.8) is 0 Å². The number of hydrogen-bond donors (Lipinski definition) is 0. The van der Waals surface area contributed by atoms with Crippen molar-refractivity contribution in [2.24, 2.45) is 7.05 Å². The van der Waals surface area contributed by atoms with Crippen molar-refractivity contribution in [3.8, 4) is 0 Å². The van der Waals surface area contributed by atoms with Gasteiger partial charge in [0.15, 0.2) is 5.42 Å². The monoisotopic (exact) mass is 324 g/mol. The summed E-state index contributed by atoms with van der Waals surface area (Å²) in [6.07, 6.45) is 1.61. The number of anilines is 1. The Morgan fingerprint density at radius 2 is 2.12 bits per heavy atom. The van der Waals surface area contributed by atoms with Crippen molar-refractivity contribution in [1.29, 1.82) is 0 Å². The molecular weight excluding hydrogens is 297 g/mol. The number of hydrogen-bond acceptors (Lipinski definition) is 3. The Bertz CT molecular complexity index is 1280. The van der Waals surface area contributed by atoms with Crippen molar-refractivity contribution in [1.82, 2.24) is 4.98 Å². The Labute approximate surface area is 150 Å². The maximum absolute atomic E-state index is 7.62. The van der Waals surface area contributed by atoms with Gasteiger partial charge in [0.25, 0.3) is 5.82 Å². The summed E-state index contributed by atoms with van der Waals surface area (Å²) in [6, 6.07) is 6.65. The lowest BCUT2D eigenvalue weighted by atomic mass is 9.61. The SMILES string of the molecule is [2H]C([2H])([2H])c1ccc(N2B(C)C=c3c(oc4nc(C([2H])([2H])[2H])ccc34)=C2C)[n+](C)c1. The molecule has 3 aromatic heterocycles. The standard InChI is InChI=1S/C19H21BN3O/c1-12-6-9-17(22(5)11-12)23-14(3)18-16(10-20(23)4)15-8-7-13(2)21-19(15)24-18/h6-11H,1-5H3/q+1/i1D3,2D3. The average Bonchev–Trinajstić information content (AvgIpc) is 2.99. The average molecular weight is 324 g/mol. The third kappa shape index (κ3) is 2.15. The molecule has 1 aliphatic rings. The molecule has 0 unspecified atom stereocenters. The van der Waals surface area contributed by atoms with Crippen LogP contribution in [-0.4, -0.2) is 11.8 Å². The number of furan rings is 1. The van der Waals surface area contributed by atoms with E-state index in [1.807, 2.05) is 26.8 Å². The number of nitrogens with zero attached hydrogens (tertiary/aromatic N) is 3. The Hall–Kier alpha value is -2.56. The summed E-state index contributed by atoms with van der Waals surface area (Å²) < 4.78 is 53.4. The molecule has 0 aromatic carbocycles. The second kappa shape index (κ2) is 5.23. The first-order valence-corrected chi connectivity index (χ1v) is 7.80. The van der Waals surface area contributed by atoms with Gasteiger partial charge in [0.05, 0.1) is 13.2 Å². The van der Waals surface area contributed by atoms with Crippen molar-refractivity contribution >= 4 is 35.4 Å². The summed E-state index contributed by atoms with van der Waals surface area (Å²) in [5.41, 5.74) is 2.02. The van der Waals surface area contributed by atoms with Crippen LogP contribution in [0.1, 0.15) is 26.4 Å². The second-order valence-electron chi connectivity index (χ2n) is 6.14. The summed E-state index contributed by atoms with van der Waals surface area (Å²) in [5.74, 6) is 2.86. The molecule has 0 bridgehead atoms. The fourth-order valence-electron chi connectivity index (χ4n) is 3.39. The van der Waals surface area contributed by atoms with Gasteiger partial charge in [-0.3, -0.25) is 4.81 Å². The number of aryl methyl sites for hydroxylation is 3. The third-order valence-electron chi connectivity index (χ3n) is 4.45. The molecule has 3 aromatic rings. The predicted molar refractivity (Wildman–Crippen MR) is 98.0 cm³/mol. The molecule has 0 spiro atoms. The molecule has 0 fully saturated rings. The van der Waals surface area contributed by atoms with Crippen LogP contribution in [0.3, 0.4) is 0 Å². The highest BCUT2D eigenvalue weighted by Crippen LogP contribution is 2.20. The highest BCUT2D eigenvalue weighted by Gasteiger charge is 2.33. The van der Waals surface area contributed by atoms with Crippen molar-refractivity contribution in [2.45, 2.75) is 27.5 Å². The Morgan fingerprint density at radius 3 is 2.88 bits per heavy atom. The first-order chi connectivity index (χ1) is 13.9. The first kappa shape index (κ1) is 9.67. The van der Waals surface area contributed by atoms with Gasteiger partial charge in [-0.15, -0.1) is 0 Å². The van der Waals surface area contributed by atoms with Gasteiger partial charge in [-0.2, -0.15) is 0 Å². The molecule has 120 valence electrons. The first-order valence-electron chi connectivity index (χ1n) is 10.8. The van der Waals surface area contributed by atoms with Gasteiger partial charge in [0.2, 0.25) is 5.71 Å². The Kier molecular flexibility index (Phi) is 2.11. The molecule has 0 radical (unpaired) electrons. The summed E-state index contributed by atoms with van der Waals surface area (Å²) in [6.45, 7) is -0.556. The molecule has 0 amide bonds. The van der Waals surface area contributed by atoms with Crippen LogP contribution in [0, 0.1) is 13.7 Å². The number of fused-ring (bicyclic) bond motifs is 3. The van der Waals surface area contributed by atoms with E-state index in [9.17, 15) is 0 Å². The van der Waals surface area contributed by atoms with E-state index in [2.05, 4.69) is 9.79 Å². The van der Waals surface area contributed by atoms with E-state index in [0.29, 0.717) is 11.1 Å². The van der Waals surface area contributed by atoms with E-state index < -0.39 is 13.7 Å². The predicted octanol–water partition coefficient (Wildman–Crippen LogP) is 1.86. The van der Waals surface area contributed by atoms with E-state index in [1.54, 1.807) is 29.0 Å². The summed E-state index contributed by atoms with van der Waals surface area (Å²) in [7, 11) is 1.81. The maximum Gasteiger partial charge on any atom is 0.402 e. The van der Waals surface area contributed by atoms with Crippen molar-refractivity contribution in [3.05, 3.63) is 52.4 Å². The molecular formula is C19H21BN3O+. The van der Waals surface area contributed by atoms with Crippen LogP contribution in [-0.2, 0) is 7.05 Å². The highest BCUT2D eigenvalue weighted by molar-refractivity contribution is 6.77. The van der Waals surface area contributed by atoms with Gasteiger partial charge >= 0.3 is 6.85 Å². The Morgan fingerprint density at radius 1 is 1.25 bits per heavy atom. The molecule has 4 rings (SSSR count). The molecule has 0 N–H and O–H groups in total. The van der Waals surface area contributed by atoms with Crippen LogP contribution in [0.25, 0.3) is 22.8 Å². The lowest BCUT2D eigenvalue weighted by Gasteiger charge is -2.23. The molecule has 4 heterocycles. The van der Waals surface area contributed by atoms with E-state index in [0.717, 1.165) is 22.1 Å². The maximum atomic E-state index is 7.62. The zero-order valence-corrected chi connectivity index (χ0v) is 13.8. The lowest BCUT2D eigenvalue weighted by Crippen LogP contribution is -2.50. The van der Waals surface area contributed by atoms with Crippen LogP contribution < -0.4 is 20.0 Å². The molecule has 0 saturated carbocycles. The van der Waals surface area contributed by atoms with Gasteiger partial charge in [-0.05, 0) is 51.2 Å². The second-order valence-corrected chi connectivity index (χ2v) is 6.14. The quantitative estimate of drug-likeness (QED) is 0.506. The summed E-state index contributed by atoms with van der Waals surface area (Å²) >= 11 is 0. The van der Waals surface area contributed by atoms with Crippen molar-refractivity contribution in [2.75, 3.05) is 4.81 Å². The number of aromatic nitrogens is 2. The lowest BCUT2D eigenvalue weighted by molar-refractivity contribution is -0.658. The normalized spacial score (nSPS) is 18.9. The van der Waals surface area contributed by atoms with E-state index in [-0.39, 0.29) is 18.1 Å². The van der Waals surface area contributed by atoms with Gasteiger partial charge in [0.1, 0.15) is 5.70 Å². The topological polar surface area (TPSA) is 33.2 Å². The molecule has 0 atom stereocenters. The summed E-state index contributed by atoms with van der Waals surface area (Å²) in [4.78, 5) is 6.27. The van der Waals surface area contributed by atoms with Crippen molar-refractivity contribution < 1.29 is 17.2 Å². The van der Waals surface area contributed by atoms with Crippen LogP contribution in [0.4, 0.5) is 5.82 Å². The van der Waals surface area contributed by atoms with Crippen LogP contribution in [0.15, 0.2) is 34.9 Å². The summed E-state index contributed by atoms with van der Waals surface area (Å²) in [5, 5.41) is 1.66. The minimum atomic E-state index is -2.30. The van der Waals surface area contributed by atoms with Crippen LogP contribution in [0.2, 0.25) is 6.82 Å². The fourth-order valence-corrected chi connectivity index (χ4v) is 3.39. The smallest absolute Gasteiger partial charge is 0.402 e. The minimum absolute atomic E-state index is 0.00434. The van der Waals surface area contributed by atoms with Gasteiger partial charge in [-0.1, -0.05) is 5.98 Å². The largest absolute Gasteiger partial charge is 0.434 e. The molecule has 0 aliphatic carbocycles. The Balaban J connectivity index is 1.89. The number of rotatable bonds is 1. The van der Waals surface area contributed by atoms with Gasteiger partial charge < -0.3 is 4.42 Å². The molecule has 24 heavy (non-hydrogen) atoms. The molecule has 0 saturated heterocycles. The molecule has 1 aliphatic heterocycles. The van der Waals surface area contributed by atoms with Gasteiger partial charge in [-0.25, -0.2) is 9.55 Å². The zero-order chi connectivity index (χ0) is 22.0. The third-order valence-corrected chi connectivity index (χ3v) is 4.45. The highest BCUT2D eigenvalue weighted by atomic mass is 16.3.